The van der Waals surface area contributed by atoms with Gasteiger partial charge in [-0.25, -0.2) is 13.6 Å². The van der Waals surface area contributed by atoms with E-state index >= 15 is 0 Å². The van der Waals surface area contributed by atoms with Gasteiger partial charge in [0.2, 0.25) is 10.0 Å². The summed E-state index contributed by atoms with van der Waals surface area (Å²) in [6.45, 7) is 0. The highest BCUT2D eigenvalue weighted by Gasteiger charge is 2.16. The number of hydrogen-bond donors (Lipinski definition) is 3. The first-order chi connectivity index (χ1) is 11.3. The van der Waals surface area contributed by atoms with Crippen LogP contribution in [0.5, 0.6) is 0 Å². The zero-order valence-electron chi connectivity index (χ0n) is 12.0. The number of aromatic amines is 2. The molecule has 0 saturated carbocycles. The predicted octanol–water partition coefficient (Wildman–Crippen LogP) is 3.67. The maximum absolute atomic E-state index is 11.6. The summed E-state index contributed by atoms with van der Waals surface area (Å²) in [5, 5.41) is 14.8. The van der Waals surface area contributed by atoms with E-state index in [1.165, 1.54) is 12.1 Å². The number of hydrogen-bond acceptors (Lipinski definition) is 3. The van der Waals surface area contributed by atoms with E-state index in [1.807, 2.05) is 6.07 Å². The minimum Gasteiger partial charge on any atom is -0.352 e. The van der Waals surface area contributed by atoms with Gasteiger partial charge in [0.05, 0.1) is 26.6 Å². The van der Waals surface area contributed by atoms with Crippen LogP contribution < -0.4 is 5.14 Å². The molecule has 0 amide bonds. The lowest BCUT2D eigenvalue weighted by atomic mass is 10.1. The molecule has 2 aromatic heterocycles. The lowest BCUT2D eigenvalue weighted by Crippen LogP contribution is -2.11. The molecule has 0 unspecified atom stereocenters. The quantitative estimate of drug-likeness (QED) is 0.493. The molecular formula is C15H10Cl2N4O2S. The van der Waals surface area contributed by atoms with Crippen molar-refractivity contribution in [3.63, 3.8) is 0 Å². The first-order valence-corrected chi connectivity index (χ1v) is 9.12. The smallest absolute Gasteiger partial charge is 0.238 e. The summed E-state index contributed by atoms with van der Waals surface area (Å²) in [6, 6.07) is 9.99. The van der Waals surface area contributed by atoms with Gasteiger partial charge >= 0.3 is 0 Å². The van der Waals surface area contributed by atoms with E-state index in [0.717, 1.165) is 10.9 Å². The van der Waals surface area contributed by atoms with Crippen molar-refractivity contribution in [2.24, 2.45) is 5.14 Å². The standard InChI is InChI=1S/C15H10Cl2N4O2S/c16-8-1-2-10-12(5-8)20-21-15(10)13-4-7-3-9(24(18,22)23)6-11(17)14(7)19-13/h1-6,19H,(H,20,21)(H2,18,22,23). The zero-order chi connectivity index (χ0) is 17.1. The topological polar surface area (TPSA) is 105 Å². The van der Waals surface area contributed by atoms with Crippen molar-refractivity contribution in [2.75, 3.05) is 0 Å². The average Bonchev–Trinajstić information content (AvgIpc) is 3.09. The van der Waals surface area contributed by atoms with Crippen molar-refractivity contribution in [1.82, 2.24) is 15.2 Å². The molecule has 4 N–H and O–H groups in total. The van der Waals surface area contributed by atoms with E-state index in [-0.39, 0.29) is 9.92 Å². The van der Waals surface area contributed by atoms with E-state index in [1.54, 1.807) is 18.2 Å². The van der Waals surface area contributed by atoms with Gasteiger partial charge < -0.3 is 4.98 Å². The number of fused-ring (bicyclic) bond motifs is 2. The van der Waals surface area contributed by atoms with Gasteiger partial charge in [-0.3, -0.25) is 5.10 Å². The Morgan fingerprint density at radius 1 is 1.08 bits per heavy atom. The number of H-pyrrole nitrogens is 2. The van der Waals surface area contributed by atoms with Crippen LogP contribution in [0.2, 0.25) is 10.0 Å². The van der Waals surface area contributed by atoms with Crippen molar-refractivity contribution in [2.45, 2.75) is 4.90 Å². The molecule has 6 nitrogen and oxygen atoms in total. The molecule has 0 spiro atoms. The van der Waals surface area contributed by atoms with E-state index < -0.39 is 10.0 Å². The van der Waals surface area contributed by atoms with Gasteiger partial charge in [-0.15, -0.1) is 0 Å². The normalized spacial score (nSPS) is 12.3. The Kier molecular flexibility index (Phi) is 3.36. The second-order valence-corrected chi connectivity index (χ2v) is 7.76. The molecule has 4 rings (SSSR count). The Balaban J connectivity index is 1.95. The molecule has 4 aromatic rings. The first-order valence-electron chi connectivity index (χ1n) is 6.82. The summed E-state index contributed by atoms with van der Waals surface area (Å²) in [4.78, 5) is 3.13. The van der Waals surface area contributed by atoms with E-state index in [0.29, 0.717) is 27.3 Å². The number of halogens is 2. The SMILES string of the molecule is NS(=O)(=O)c1cc(Cl)c2[nH]c(-c3n[nH]c4cc(Cl)ccc34)cc2c1. The van der Waals surface area contributed by atoms with Gasteiger partial charge in [0, 0.05) is 15.8 Å². The van der Waals surface area contributed by atoms with Crippen molar-refractivity contribution in [1.29, 1.82) is 0 Å². The zero-order valence-corrected chi connectivity index (χ0v) is 14.3. The second kappa shape index (κ2) is 5.22. The lowest BCUT2D eigenvalue weighted by molar-refractivity contribution is 0.598. The van der Waals surface area contributed by atoms with Crippen LogP contribution in [0.15, 0.2) is 41.3 Å². The first kappa shape index (κ1) is 15.5. The highest BCUT2D eigenvalue weighted by Crippen LogP contribution is 2.33. The third-order valence-corrected chi connectivity index (χ3v) is 5.19. The molecular weight excluding hydrogens is 371 g/mol. The minimum absolute atomic E-state index is 0.0378. The largest absolute Gasteiger partial charge is 0.352 e. The Labute approximate surface area is 146 Å². The van der Waals surface area contributed by atoms with Gasteiger partial charge in [-0.2, -0.15) is 5.10 Å². The number of nitrogens with one attached hydrogen (secondary N) is 2. The Morgan fingerprint density at radius 3 is 2.62 bits per heavy atom. The molecule has 2 aromatic carbocycles. The van der Waals surface area contributed by atoms with Crippen molar-refractivity contribution >= 4 is 55.0 Å². The number of rotatable bonds is 2. The monoisotopic (exact) mass is 380 g/mol. The van der Waals surface area contributed by atoms with Crippen LogP contribution >= 0.6 is 23.2 Å². The summed E-state index contributed by atoms with van der Waals surface area (Å²) in [5.74, 6) is 0. The van der Waals surface area contributed by atoms with E-state index in [4.69, 9.17) is 28.3 Å². The lowest BCUT2D eigenvalue weighted by Gasteiger charge is -2.00. The summed E-state index contributed by atoms with van der Waals surface area (Å²) in [6.07, 6.45) is 0. The Bertz CT molecular complexity index is 1210. The van der Waals surface area contributed by atoms with Crippen LogP contribution in [-0.4, -0.2) is 23.6 Å². The maximum Gasteiger partial charge on any atom is 0.238 e. The summed E-state index contributed by atoms with van der Waals surface area (Å²) in [5.41, 5.74) is 2.80. The molecule has 0 bridgehead atoms. The minimum atomic E-state index is -3.84. The van der Waals surface area contributed by atoms with Crippen molar-refractivity contribution in [3.8, 4) is 11.4 Å². The molecule has 24 heavy (non-hydrogen) atoms. The third-order valence-electron chi connectivity index (χ3n) is 3.76. The van der Waals surface area contributed by atoms with E-state index in [2.05, 4.69) is 15.2 Å². The Morgan fingerprint density at radius 2 is 1.88 bits per heavy atom. The van der Waals surface area contributed by atoms with Crippen LogP contribution in [0.1, 0.15) is 0 Å². The number of nitrogens with two attached hydrogens (primary N) is 1. The molecule has 0 aliphatic heterocycles. The molecule has 0 saturated heterocycles. The summed E-state index contributed by atoms with van der Waals surface area (Å²) < 4.78 is 23.1. The predicted molar refractivity (Wildman–Crippen MR) is 94.8 cm³/mol. The molecule has 0 radical (unpaired) electrons. The van der Waals surface area contributed by atoms with Crippen molar-refractivity contribution in [3.05, 3.63) is 46.4 Å². The molecule has 122 valence electrons. The number of primary sulfonamides is 1. The van der Waals surface area contributed by atoms with E-state index in [9.17, 15) is 8.42 Å². The highest BCUT2D eigenvalue weighted by molar-refractivity contribution is 7.89. The number of sulfonamides is 1. The fourth-order valence-electron chi connectivity index (χ4n) is 2.66. The molecule has 0 fully saturated rings. The average molecular weight is 381 g/mol. The van der Waals surface area contributed by atoms with Gasteiger partial charge in [0.1, 0.15) is 5.69 Å². The third kappa shape index (κ3) is 2.46. The number of aromatic nitrogens is 3. The van der Waals surface area contributed by atoms with Crippen LogP contribution in [-0.2, 0) is 10.0 Å². The molecule has 2 heterocycles. The second-order valence-electron chi connectivity index (χ2n) is 5.36. The molecule has 9 heteroatoms. The van der Waals surface area contributed by atoms with Crippen molar-refractivity contribution < 1.29 is 8.42 Å². The van der Waals surface area contributed by atoms with Crippen LogP contribution in [0.3, 0.4) is 0 Å². The van der Waals surface area contributed by atoms with Gasteiger partial charge in [0.25, 0.3) is 0 Å². The fourth-order valence-corrected chi connectivity index (χ4v) is 3.75. The molecule has 0 atom stereocenters. The molecule has 0 aliphatic carbocycles. The maximum atomic E-state index is 11.6. The summed E-state index contributed by atoms with van der Waals surface area (Å²) in [7, 11) is -3.84. The number of nitrogens with zero attached hydrogens (tertiary/aromatic N) is 1. The van der Waals surface area contributed by atoms with Crippen LogP contribution in [0.4, 0.5) is 0 Å². The Hall–Kier alpha value is -2.06. The van der Waals surface area contributed by atoms with Gasteiger partial charge in [0.15, 0.2) is 0 Å². The number of benzene rings is 2. The van der Waals surface area contributed by atoms with Crippen LogP contribution in [0.25, 0.3) is 33.2 Å². The van der Waals surface area contributed by atoms with Gasteiger partial charge in [-0.05, 0) is 36.4 Å². The summed E-state index contributed by atoms with van der Waals surface area (Å²) >= 11 is 12.2. The van der Waals surface area contributed by atoms with Gasteiger partial charge in [-0.1, -0.05) is 23.2 Å². The van der Waals surface area contributed by atoms with Crippen LogP contribution in [0, 0.1) is 0 Å². The highest BCUT2D eigenvalue weighted by atomic mass is 35.5. The molecule has 0 aliphatic rings. The fraction of sp³-hybridized carbons (Fsp3) is 0.